The second-order valence-corrected chi connectivity index (χ2v) is 8.16. The second-order valence-electron chi connectivity index (χ2n) is 7.25. The molecule has 4 N–H and O–H groups in total. The van der Waals surface area contributed by atoms with Crippen molar-refractivity contribution in [2.24, 2.45) is 5.92 Å². The Morgan fingerprint density at radius 3 is 2.73 bits per heavy atom. The van der Waals surface area contributed by atoms with Gasteiger partial charge in [0.25, 0.3) is 0 Å². The van der Waals surface area contributed by atoms with Crippen molar-refractivity contribution in [1.82, 2.24) is 14.5 Å². The van der Waals surface area contributed by atoms with Crippen molar-refractivity contribution in [3.63, 3.8) is 0 Å². The molecule has 2 unspecified atom stereocenters. The molecule has 2 heterocycles. The number of nitrogens with zero attached hydrogens (tertiary/aromatic N) is 4. The average molecular weight is 432 g/mol. The van der Waals surface area contributed by atoms with Crippen LogP contribution in [0.3, 0.4) is 0 Å². The number of aliphatic hydroxyl groups is 2. The molecule has 3 rings (SSSR count). The van der Waals surface area contributed by atoms with E-state index in [0.29, 0.717) is 25.7 Å². The molecule has 9 heteroatoms. The van der Waals surface area contributed by atoms with Crippen molar-refractivity contribution in [2.45, 2.75) is 19.4 Å². The van der Waals surface area contributed by atoms with Crippen molar-refractivity contribution in [3.8, 4) is 0 Å². The third-order valence-electron chi connectivity index (χ3n) is 5.03. The van der Waals surface area contributed by atoms with Crippen LogP contribution in [0, 0.1) is 5.92 Å². The van der Waals surface area contributed by atoms with Gasteiger partial charge in [-0.1, -0.05) is 30.3 Å². The maximum Gasteiger partial charge on any atom is 0.151 e. The highest BCUT2D eigenvalue weighted by atomic mass is 32.2. The number of thioether (sulfide) groups is 1. The van der Waals surface area contributed by atoms with E-state index in [-0.39, 0.29) is 12.5 Å². The number of hydrogen-bond acceptors (Lipinski definition) is 8. The summed E-state index contributed by atoms with van der Waals surface area (Å²) < 4.78 is 7.80. The summed E-state index contributed by atoms with van der Waals surface area (Å²) in [4.78, 5) is 10.6. The van der Waals surface area contributed by atoms with Crippen LogP contribution in [0.1, 0.15) is 5.56 Å². The number of aliphatic hydroxyl groups excluding tert-OH is 2. The Morgan fingerprint density at radius 2 is 2.03 bits per heavy atom. The highest BCUT2D eigenvalue weighted by Gasteiger charge is 2.23. The first-order valence-electron chi connectivity index (χ1n) is 9.75. The van der Waals surface area contributed by atoms with Gasteiger partial charge in [0, 0.05) is 31.5 Å². The smallest absolute Gasteiger partial charge is 0.151 e. The van der Waals surface area contributed by atoms with Gasteiger partial charge < -0.3 is 30.2 Å². The highest BCUT2D eigenvalue weighted by Crippen LogP contribution is 2.30. The van der Waals surface area contributed by atoms with Crippen LogP contribution in [0.2, 0.25) is 0 Å². The standard InChI is InChI=1S/C21H29N5O3S/c1-25(8-16(12-30-2)18(28)10-27)17-9-26(20-19(17)23-13-24-21(20)22)14-29-11-15-6-4-3-5-7-15/h3-7,9,13,16,18,27-28H,8,10-12,14H2,1-2H3,(H2,22,23,24). The SMILES string of the molecule is CSCC(CN(C)c1cn(COCc2ccccc2)c2c(N)ncnc12)C(O)CO. The van der Waals surface area contributed by atoms with E-state index < -0.39 is 6.10 Å². The zero-order valence-electron chi connectivity index (χ0n) is 17.3. The monoisotopic (exact) mass is 431 g/mol. The molecule has 0 radical (unpaired) electrons. The number of ether oxygens (including phenoxy) is 1. The number of benzene rings is 1. The zero-order chi connectivity index (χ0) is 21.5. The minimum atomic E-state index is -0.776. The fraction of sp³-hybridized carbons (Fsp3) is 0.429. The maximum atomic E-state index is 10.2. The molecule has 0 bridgehead atoms. The number of rotatable bonds is 11. The molecule has 1 aromatic carbocycles. The Labute approximate surface area is 180 Å². The van der Waals surface area contributed by atoms with E-state index in [1.54, 1.807) is 11.8 Å². The number of anilines is 2. The quantitative estimate of drug-likeness (QED) is 0.423. The molecule has 3 aromatic rings. The van der Waals surface area contributed by atoms with Gasteiger partial charge in [-0.25, -0.2) is 9.97 Å². The van der Waals surface area contributed by atoms with E-state index in [9.17, 15) is 10.2 Å². The Kier molecular flexibility index (Phi) is 7.92. The predicted octanol–water partition coefficient (Wildman–Crippen LogP) is 1.96. The molecule has 0 saturated carbocycles. The number of aromatic nitrogens is 3. The van der Waals surface area contributed by atoms with Crippen LogP contribution in [-0.2, 0) is 18.1 Å². The molecular formula is C21H29N5O3S. The van der Waals surface area contributed by atoms with E-state index >= 15 is 0 Å². The van der Waals surface area contributed by atoms with Crippen LogP contribution in [0.5, 0.6) is 0 Å². The van der Waals surface area contributed by atoms with Crippen molar-refractivity contribution in [1.29, 1.82) is 0 Å². The van der Waals surface area contributed by atoms with E-state index in [1.807, 2.05) is 59.3 Å². The largest absolute Gasteiger partial charge is 0.394 e. The van der Waals surface area contributed by atoms with Gasteiger partial charge in [0.1, 0.15) is 24.1 Å². The molecule has 0 aliphatic carbocycles. The summed E-state index contributed by atoms with van der Waals surface area (Å²) in [7, 11) is 1.94. The van der Waals surface area contributed by atoms with Gasteiger partial charge in [0.15, 0.2) is 5.82 Å². The fourth-order valence-corrected chi connectivity index (χ4v) is 4.21. The Morgan fingerprint density at radius 1 is 1.27 bits per heavy atom. The van der Waals surface area contributed by atoms with Gasteiger partial charge in [-0.3, -0.25) is 0 Å². The average Bonchev–Trinajstić information content (AvgIpc) is 3.13. The first-order valence-corrected chi connectivity index (χ1v) is 11.1. The molecule has 8 nitrogen and oxygen atoms in total. The molecule has 30 heavy (non-hydrogen) atoms. The van der Waals surface area contributed by atoms with Crippen molar-refractivity contribution in [2.75, 3.05) is 42.8 Å². The van der Waals surface area contributed by atoms with Crippen LogP contribution in [0.15, 0.2) is 42.9 Å². The van der Waals surface area contributed by atoms with Gasteiger partial charge in [-0.15, -0.1) is 0 Å². The van der Waals surface area contributed by atoms with Gasteiger partial charge >= 0.3 is 0 Å². The maximum absolute atomic E-state index is 10.2. The minimum Gasteiger partial charge on any atom is -0.394 e. The molecule has 2 aromatic heterocycles. The molecule has 0 fully saturated rings. The summed E-state index contributed by atoms with van der Waals surface area (Å²) in [6, 6.07) is 9.97. The van der Waals surface area contributed by atoms with Crippen LogP contribution in [0.4, 0.5) is 11.5 Å². The molecule has 2 atom stereocenters. The zero-order valence-corrected chi connectivity index (χ0v) is 18.1. The number of nitrogen functional groups attached to an aromatic ring is 1. The topological polar surface area (TPSA) is 110 Å². The lowest BCUT2D eigenvalue weighted by Gasteiger charge is -2.27. The second kappa shape index (κ2) is 10.6. The van der Waals surface area contributed by atoms with Crippen molar-refractivity contribution >= 4 is 34.3 Å². The van der Waals surface area contributed by atoms with E-state index in [1.165, 1.54) is 6.33 Å². The summed E-state index contributed by atoms with van der Waals surface area (Å²) in [5, 5.41) is 19.6. The number of hydrogen-bond donors (Lipinski definition) is 3. The van der Waals surface area contributed by atoms with E-state index in [2.05, 4.69) is 9.97 Å². The van der Waals surface area contributed by atoms with E-state index in [0.717, 1.165) is 28.0 Å². The third kappa shape index (κ3) is 5.23. The Balaban J connectivity index is 1.81. The lowest BCUT2D eigenvalue weighted by molar-refractivity contribution is 0.0576. The molecule has 0 aliphatic rings. The Hall–Kier alpha value is -2.33. The molecule has 0 spiro atoms. The predicted molar refractivity (Wildman–Crippen MR) is 121 cm³/mol. The van der Waals surface area contributed by atoms with Crippen LogP contribution >= 0.6 is 11.8 Å². The lowest BCUT2D eigenvalue weighted by Crippen LogP contribution is -2.36. The summed E-state index contributed by atoms with van der Waals surface area (Å²) in [5.74, 6) is 1.04. The third-order valence-corrected chi connectivity index (χ3v) is 5.79. The van der Waals surface area contributed by atoms with E-state index in [4.69, 9.17) is 10.5 Å². The molecular weight excluding hydrogens is 402 g/mol. The highest BCUT2D eigenvalue weighted by molar-refractivity contribution is 7.98. The molecule has 0 aliphatic heterocycles. The van der Waals surface area contributed by atoms with Crippen LogP contribution in [0.25, 0.3) is 11.0 Å². The molecule has 162 valence electrons. The Bertz CT molecular complexity index is 937. The van der Waals surface area contributed by atoms with Crippen LogP contribution in [-0.4, -0.2) is 63.1 Å². The van der Waals surface area contributed by atoms with Crippen LogP contribution < -0.4 is 10.6 Å². The van der Waals surface area contributed by atoms with Crippen molar-refractivity contribution < 1.29 is 14.9 Å². The lowest BCUT2D eigenvalue weighted by atomic mass is 10.0. The summed E-state index contributed by atoms with van der Waals surface area (Å²) in [6.45, 7) is 1.10. The number of nitrogens with two attached hydrogens (primary N) is 1. The summed E-state index contributed by atoms with van der Waals surface area (Å²) in [6.07, 6.45) is 4.61. The van der Waals surface area contributed by atoms with Gasteiger partial charge in [-0.2, -0.15) is 11.8 Å². The summed E-state index contributed by atoms with van der Waals surface area (Å²) >= 11 is 1.64. The van der Waals surface area contributed by atoms with Gasteiger partial charge in [0.05, 0.1) is 25.0 Å². The van der Waals surface area contributed by atoms with Crippen molar-refractivity contribution in [3.05, 3.63) is 48.4 Å². The molecule has 0 amide bonds. The van der Waals surface area contributed by atoms with Gasteiger partial charge in [-0.05, 0) is 11.8 Å². The molecule has 0 saturated heterocycles. The normalized spacial score (nSPS) is 13.5. The first-order chi connectivity index (χ1) is 14.5. The fourth-order valence-electron chi connectivity index (χ4n) is 3.45. The van der Waals surface area contributed by atoms with Gasteiger partial charge in [0.2, 0.25) is 0 Å². The summed E-state index contributed by atoms with van der Waals surface area (Å²) in [5.41, 5.74) is 9.56. The minimum absolute atomic E-state index is 0.0816. The first kappa shape index (κ1) is 22.4. The number of fused-ring (bicyclic) bond motifs is 1.